The van der Waals surface area contributed by atoms with E-state index >= 15 is 0 Å². The highest BCUT2D eigenvalue weighted by Gasteiger charge is 2.32. The molecule has 1 heterocycles. The Morgan fingerprint density at radius 3 is 1.51 bits per heavy atom. The molecule has 1 aliphatic heterocycles. The maximum Gasteiger partial charge on any atom is 0.333 e. The summed E-state index contributed by atoms with van der Waals surface area (Å²) in [7, 11) is 7.02. The number of aliphatic carboxylic acids is 1. The number of carboxylic acids is 1. The van der Waals surface area contributed by atoms with Crippen molar-refractivity contribution in [3.05, 3.63) is 0 Å². The van der Waals surface area contributed by atoms with E-state index in [1.165, 1.54) is 0 Å². The van der Waals surface area contributed by atoms with Gasteiger partial charge in [-0.1, -0.05) is 111 Å². The van der Waals surface area contributed by atoms with Gasteiger partial charge in [-0.2, -0.15) is 0 Å². The van der Waals surface area contributed by atoms with E-state index in [1.807, 2.05) is 13.8 Å². The molecule has 0 aliphatic carbocycles. The highest BCUT2D eigenvalue weighted by Crippen LogP contribution is 2.36. The monoisotopic (exact) mass is 739 g/mol. The molecule has 0 aromatic heterocycles. The minimum absolute atomic E-state index is 0.00821. The SMILES string of the molecule is CC(CSSC(C)(C)C)C(=O)NCCCCCC(=O)O.CC(CSSC(C)(C)C)C(=O)NCCCCCC(=O)ON1C(=O)CCC1=O. The van der Waals surface area contributed by atoms with E-state index in [1.54, 1.807) is 43.2 Å². The second-order valence-electron chi connectivity index (χ2n) is 13.4. The van der Waals surface area contributed by atoms with Crippen LogP contribution in [0.3, 0.4) is 0 Å². The summed E-state index contributed by atoms with van der Waals surface area (Å²) < 4.78 is 0.391. The summed E-state index contributed by atoms with van der Waals surface area (Å²) >= 11 is 0. The number of nitrogens with one attached hydrogen (secondary N) is 2. The lowest BCUT2D eigenvalue weighted by Gasteiger charge is -2.18. The van der Waals surface area contributed by atoms with Gasteiger partial charge in [-0.25, -0.2) is 4.79 Å². The molecule has 0 saturated carbocycles. The minimum Gasteiger partial charge on any atom is -0.481 e. The zero-order valence-electron chi connectivity index (χ0n) is 29.4. The molecular weight excluding hydrogens is 683 g/mol. The van der Waals surface area contributed by atoms with Crippen molar-refractivity contribution in [1.29, 1.82) is 0 Å². The van der Waals surface area contributed by atoms with Gasteiger partial charge >= 0.3 is 11.9 Å². The molecular formula is C32H57N3O8S4. The lowest BCUT2D eigenvalue weighted by molar-refractivity contribution is -0.197. The minimum atomic E-state index is -0.754. The van der Waals surface area contributed by atoms with Gasteiger partial charge in [-0.3, -0.25) is 24.0 Å². The number of imide groups is 1. The van der Waals surface area contributed by atoms with Gasteiger partial charge in [0.25, 0.3) is 11.8 Å². The predicted molar refractivity (Wildman–Crippen MR) is 196 cm³/mol. The van der Waals surface area contributed by atoms with Crippen molar-refractivity contribution in [3.8, 4) is 0 Å². The number of carbonyl (C=O) groups excluding carboxylic acids is 5. The first-order valence-corrected chi connectivity index (χ1v) is 20.9. The second kappa shape index (κ2) is 24.5. The molecule has 1 saturated heterocycles. The van der Waals surface area contributed by atoms with E-state index in [-0.39, 0.29) is 58.8 Å². The molecule has 47 heavy (non-hydrogen) atoms. The Bertz CT molecular complexity index is 986. The molecule has 3 N–H and O–H groups in total. The summed E-state index contributed by atoms with van der Waals surface area (Å²) in [5.74, 6) is -0.591. The lowest BCUT2D eigenvalue weighted by atomic mass is 10.1. The summed E-state index contributed by atoms with van der Waals surface area (Å²) in [4.78, 5) is 73.3. The van der Waals surface area contributed by atoms with Crippen LogP contribution in [-0.2, 0) is 33.6 Å². The van der Waals surface area contributed by atoms with Crippen LogP contribution in [0.1, 0.15) is 120 Å². The van der Waals surface area contributed by atoms with Gasteiger partial charge in [0.2, 0.25) is 11.8 Å². The summed E-state index contributed by atoms with van der Waals surface area (Å²) in [5.41, 5.74) is 0. The number of hydrogen-bond donors (Lipinski definition) is 3. The molecule has 15 heteroatoms. The lowest BCUT2D eigenvalue weighted by Crippen LogP contribution is -2.32. The van der Waals surface area contributed by atoms with Crippen LogP contribution in [0.4, 0.5) is 0 Å². The summed E-state index contributed by atoms with van der Waals surface area (Å²) in [6.07, 6.45) is 5.00. The van der Waals surface area contributed by atoms with Crippen molar-refractivity contribution >= 4 is 78.7 Å². The molecule has 0 spiro atoms. The quantitative estimate of drug-likeness (QED) is 0.0655. The highest BCUT2D eigenvalue weighted by molar-refractivity contribution is 8.77. The van der Waals surface area contributed by atoms with Crippen LogP contribution in [0.15, 0.2) is 0 Å². The predicted octanol–water partition coefficient (Wildman–Crippen LogP) is 6.65. The smallest absolute Gasteiger partial charge is 0.333 e. The third-order valence-corrected chi connectivity index (χ3v) is 13.1. The van der Waals surface area contributed by atoms with Crippen LogP contribution in [-0.4, -0.2) is 79.8 Å². The van der Waals surface area contributed by atoms with Crippen LogP contribution >= 0.6 is 43.2 Å². The van der Waals surface area contributed by atoms with E-state index in [9.17, 15) is 28.8 Å². The van der Waals surface area contributed by atoms with Gasteiger partial charge < -0.3 is 20.6 Å². The summed E-state index contributed by atoms with van der Waals surface area (Å²) in [6, 6.07) is 0. The second-order valence-corrected chi connectivity index (χ2v) is 19.7. The molecule has 0 radical (unpaired) electrons. The fraction of sp³-hybridized carbons (Fsp3) is 0.812. The molecule has 272 valence electrons. The van der Waals surface area contributed by atoms with Crippen molar-refractivity contribution in [2.75, 3.05) is 24.6 Å². The number of nitrogens with zero attached hydrogens (tertiary/aromatic N) is 1. The number of hydroxylamine groups is 2. The zero-order chi connectivity index (χ0) is 36.0. The van der Waals surface area contributed by atoms with Gasteiger partial charge in [0.15, 0.2) is 0 Å². The largest absolute Gasteiger partial charge is 0.481 e. The summed E-state index contributed by atoms with van der Waals surface area (Å²) in [6.45, 7) is 18.0. The van der Waals surface area contributed by atoms with Crippen LogP contribution in [0.5, 0.6) is 0 Å². The van der Waals surface area contributed by atoms with Gasteiger partial charge in [0.05, 0.1) is 0 Å². The maximum absolute atomic E-state index is 12.0. The summed E-state index contributed by atoms with van der Waals surface area (Å²) in [5, 5.41) is 14.9. The standard InChI is InChI=1S/C18H30N2O5S2.C14H27NO3S2/c1-13(12-26-27-18(2,3)4)17(24)19-11-7-5-6-8-16(23)25-20-14(21)9-10-15(20)22;1-11(10-19-20-14(2,3)4)13(18)15-9-7-5-6-8-12(16)17/h13H,5-12H2,1-4H3,(H,19,24);11H,5-10H2,1-4H3,(H,15,18)(H,16,17). The molecule has 2 atom stereocenters. The normalized spacial score (nSPS) is 14.6. The first-order valence-electron chi connectivity index (χ1n) is 16.3. The van der Waals surface area contributed by atoms with Crippen molar-refractivity contribution in [1.82, 2.24) is 15.7 Å². The Labute approximate surface area is 297 Å². The number of hydrogen-bond acceptors (Lipinski definition) is 11. The average Bonchev–Trinajstić information content (AvgIpc) is 3.27. The van der Waals surface area contributed by atoms with Crippen molar-refractivity contribution in [3.63, 3.8) is 0 Å². The Hall–Kier alpha value is -1.58. The Morgan fingerprint density at radius 1 is 0.723 bits per heavy atom. The van der Waals surface area contributed by atoms with E-state index in [0.717, 1.165) is 37.2 Å². The first kappa shape index (κ1) is 45.4. The van der Waals surface area contributed by atoms with Crippen molar-refractivity contribution in [2.24, 2.45) is 11.8 Å². The van der Waals surface area contributed by atoms with Gasteiger partial charge in [-0.15, -0.1) is 5.06 Å². The van der Waals surface area contributed by atoms with E-state index in [4.69, 9.17) is 9.94 Å². The van der Waals surface area contributed by atoms with Gasteiger partial charge in [0, 0.05) is 71.6 Å². The van der Waals surface area contributed by atoms with E-state index in [2.05, 4.69) is 52.2 Å². The molecule has 11 nitrogen and oxygen atoms in total. The zero-order valence-corrected chi connectivity index (χ0v) is 32.7. The maximum atomic E-state index is 12.0. The van der Waals surface area contributed by atoms with Crippen LogP contribution in [0.2, 0.25) is 0 Å². The van der Waals surface area contributed by atoms with Gasteiger partial charge in [0.1, 0.15) is 0 Å². The molecule has 0 bridgehead atoms. The number of carboxylic acid groups (broad SMARTS) is 1. The molecule has 2 unspecified atom stereocenters. The number of rotatable bonds is 21. The van der Waals surface area contributed by atoms with E-state index < -0.39 is 23.8 Å². The Kier molecular flexibility index (Phi) is 23.7. The molecule has 1 aliphatic rings. The Balaban J connectivity index is 0.000000945. The number of carbonyl (C=O) groups is 6. The number of unbranched alkanes of at least 4 members (excludes halogenated alkanes) is 4. The first-order chi connectivity index (χ1) is 21.8. The van der Waals surface area contributed by atoms with Crippen LogP contribution in [0.25, 0.3) is 0 Å². The fourth-order valence-electron chi connectivity index (χ4n) is 3.50. The van der Waals surface area contributed by atoms with Gasteiger partial charge in [-0.05, 0) is 25.7 Å². The molecule has 0 aromatic carbocycles. The average molecular weight is 740 g/mol. The molecule has 4 amide bonds. The van der Waals surface area contributed by atoms with Crippen LogP contribution < -0.4 is 10.6 Å². The third kappa shape index (κ3) is 26.0. The van der Waals surface area contributed by atoms with Crippen LogP contribution in [0, 0.1) is 11.8 Å². The molecule has 0 aromatic rings. The van der Waals surface area contributed by atoms with Crippen molar-refractivity contribution < 1.29 is 38.7 Å². The highest BCUT2D eigenvalue weighted by atomic mass is 33.1. The molecule has 1 fully saturated rings. The number of amides is 4. The fourth-order valence-corrected chi connectivity index (χ4v) is 8.81. The Morgan fingerprint density at radius 2 is 1.13 bits per heavy atom. The van der Waals surface area contributed by atoms with Crippen molar-refractivity contribution in [2.45, 2.75) is 129 Å². The third-order valence-electron chi connectivity index (χ3n) is 6.07. The van der Waals surface area contributed by atoms with E-state index in [0.29, 0.717) is 31.0 Å². The topological polar surface area (TPSA) is 159 Å². The molecule has 1 rings (SSSR count).